The average molecular weight is 376 g/mol. The van der Waals surface area contributed by atoms with Crippen molar-refractivity contribution in [2.75, 3.05) is 12.4 Å². The highest BCUT2D eigenvalue weighted by molar-refractivity contribution is 7.10. The van der Waals surface area contributed by atoms with Crippen LogP contribution in [0.25, 0.3) is 11.4 Å². The predicted octanol–water partition coefficient (Wildman–Crippen LogP) is 2.98. The number of carbonyl (C=O) groups is 2. The first-order chi connectivity index (χ1) is 12.5. The number of aliphatic carboxylic acids is 1. The number of ether oxygens (including phenoxy) is 1. The molecule has 1 aliphatic carbocycles. The van der Waals surface area contributed by atoms with Gasteiger partial charge in [0.05, 0.1) is 13.0 Å². The molecule has 9 heteroatoms. The zero-order valence-electron chi connectivity index (χ0n) is 14.3. The maximum atomic E-state index is 12.1. The van der Waals surface area contributed by atoms with E-state index in [0.29, 0.717) is 42.4 Å². The highest BCUT2D eigenvalue weighted by atomic mass is 32.1. The summed E-state index contributed by atoms with van der Waals surface area (Å²) in [6.07, 6.45) is 2.49. The number of nitrogens with one attached hydrogen (secondary N) is 2. The number of carboxylic acid groups (broad SMARTS) is 1. The van der Waals surface area contributed by atoms with Gasteiger partial charge in [-0.3, -0.25) is 10.1 Å². The molecule has 8 nitrogen and oxygen atoms in total. The van der Waals surface area contributed by atoms with E-state index < -0.39 is 5.97 Å². The van der Waals surface area contributed by atoms with Gasteiger partial charge in [0.1, 0.15) is 5.75 Å². The van der Waals surface area contributed by atoms with E-state index in [-0.39, 0.29) is 18.0 Å². The topological polar surface area (TPSA) is 113 Å². The third-order valence-corrected chi connectivity index (χ3v) is 5.02. The van der Waals surface area contributed by atoms with Crippen LogP contribution in [0.2, 0.25) is 0 Å². The summed E-state index contributed by atoms with van der Waals surface area (Å²) in [5, 5.41) is 15.0. The Labute approximate surface area is 154 Å². The molecule has 26 heavy (non-hydrogen) atoms. The molecule has 0 radical (unpaired) electrons. The number of nitrogens with zero attached hydrogens (tertiary/aromatic N) is 2. The van der Waals surface area contributed by atoms with Crippen molar-refractivity contribution in [3.05, 3.63) is 24.3 Å². The van der Waals surface area contributed by atoms with Gasteiger partial charge in [0.25, 0.3) is 0 Å². The molecule has 0 spiro atoms. The molecule has 0 saturated heterocycles. The summed E-state index contributed by atoms with van der Waals surface area (Å²) in [5.74, 6) is 0.171. The molecule has 3 N–H and O–H groups in total. The number of hydrogen-bond acceptors (Lipinski definition) is 6. The first-order valence-corrected chi connectivity index (χ1v) is 9.11. The fraction of sp³-hybridized carbons (Fsp3) is 0.412. The standard InChI is InChI=1S/C17H20N4O4S/c1-25-13-4-2-3-11(9-13)14-19-17(26-21-14)20-16(24)18-12-7-5-10(6-8-12)15(22)23/h2-4,9-10,12H,5-8H2,1H3,(H,22,23)(H2,18,19,20,21,24). The molecular weight excluding hydrogens is 356 g/mol. The number of rotatable bonds is 5. The number of benzene rings is 1. The van der Waals surface area contributed by atoms with E-state index in [9.17, 15) is 9.59 Å². The monoisotopic (exact) mass is 376 g/mol. The minimum absolute atomic E-state index is 0.0172. The number of anilines is 1. The third-order valence-electron chi connectivity index (χ3n) is 4.39. The highest BCUT2D eigenvalue weighted by Gasteiger charge is 2.26. The van der Waals surface area contributed by atoms with E-state index in [1.54, 1.807) is 7.11 Å². The first-order valence-electron chi connectivity index (χ1n) is 8.33. The van der Waals surface area contributed by atoms with E-state index in [4.69, 9.17) is 9.84 Å². The second kappa shape index (κ2) is 8.13. The Morgan fingerprint density at radius 3 is 2.73 bits per heavy atom. The summed E-state index contributed by atoms with van der Waals surface area (Å²) in [6, 6.07) is 7.01. The zero-order chi connectivity index (χ0) is 18.5. The molecule has 0 unspecified atom stereocenters. The minimum atomic E-state index is -0.758. The van der Waals surface area contributed by atoms with Crippen molar-refractivity contribution in [1.29, 1.82) is 0 Å². The van der Waals surface area contributed by atoms with Crippen LogP contribution in [0.3, 0.4) is 0 Å². The lowest BCUT2D eigenvalue weighted by Crippen LogP contribution is -2.40. The molecule has 0 bridgehead atoms. The molecule has 2 aromatic rings. The van der Waals surface area contributed by atoms with Crippen LogP contribution in [0, 0.1) is 5.92 Å². The molecule has 138 valence electrons. The molecule has 2 amide bonds. The van der Waals surface area contributed by atoms with E-state index in [1.807, 2.05) is 24.3 Å². The Morgan fingerprint density at radius 1 is 1.27 bits per heavy atom. The van der Waals surface area contributed by atoms with Gasteiger partial charge in [0.15, 0.2) is 5.82 Å². The SMILES string of the molecule is COc1cccc(-c2nsc(NC(=O)NC3CCC(C(=O)O)CC3)n2)c1. The second-order valence-electron chi connectivity index (χ2n) is 6.14. The van der Waals surface area contributed by atoms with Gasteiger partial charge in [-0.05, 0) is 37.8 Å². The number of carbonyl (C=O) groups excluding carboxylic acids is 1. The quantitative estimate of drug-likeness (QED) is 0.739. The van der Waals surface area contributed by atoms with Crippen LogP contribution in [-0.4, -0.2) is 39.6 Å². The number of hydrogen-bond donors (Lipinski definition) is 3. The normalized spacial score (nSPS) is 19.6. The van der Waals surface area contributed by atoms with Crippen LogP contribution < -0.4 is 15.4 Å². The van der Waals surface area contributed by atoms with Crippen LogP contribution in [0.15, 0.2) is 24.3 Å². The molecule has 1 aliphatic rings. The summed E-state index contributed by atoms with van der Waals surface area (Å²) >= 11 is 1.10. The molecule has 0 aliphatic heterocycles. The van der Waals surface area contributed by atoms with Gasteiger partial charge < -0.3 is 15.2 Å². The van der Waals surface area contributed by atoms with Crippen LogP contribution >= 0.6 is 11.5 Å². The number of methoxy groups -OCH3 is 1. The maximum Gasteiger partial charge on any atom is 0.321 e. The summed E-state index contributed by atoms with van der Waals surface area (Å²) < 4.78 is 9.44. The van der Waals surface area contributed by atoms with Crippen LogP contribution in [0.1, 0.15) is 25.7 Å². The molecule has 1 heterocycles. The Morgan fingerprint density at radius 2 is 2.04 bits per heavy atom. The third kappa shape index (κ3) is 4.48. The van der Waals surface area contributed by atoms with Gasteiger partial charge >= 0.3 is 12.0 Å². The van der Waals surface area contributed by atoms with Crippen molar-refractivity contribution < 1.29 is 19.4 Å². The minimum Gasteiger partial charge on any atom is -0.497 e. The van der Waals surface area contributed by atoms with Crippen molar-refractivity contribution in [2.24, 2.45) is 5.92 Å². The highest BCUT2D eigenvalue weighted by Crippen LogP contribution is 2.26. The van der Waals surface area contributed by atoms with Crippen molar-refractivity contribution in [2.45, 2.75) is 31.7 Å². The summed E-state index contributed by atoms with van der Waals surface area (Å²) in [7, 11) is 1.59. The lowest BCUT2D eigenvalue weighted by molar-refractivity contribution is -0.142. The Hall–Kier alpha value is -2.68. The van der Waals surface area contributed by atoms with E-state index in [0.717, 1.165) is 17.1 Å². The number of aromatic nitrogens is 2. The fourth-order valence-corrected chi connectivity index (χ4v) is 3.54. The van der Waals surface area contributed by atoms with Gasteiger partial charge in [-0.1, -0.05) is 12.1 Å². The Balaban J connectivity index is 1.54. The first kappa shape index (κ1) is 18.1. The number of amides is 2. The van der Waals surface area contributed by atoms with Crippen LogP contribution in [-0.2, 0) is 4.79 Å². The van der Waals surface area contributed by atoms with Gasteiger partial charge in [-0.15, -0.1) is 0 Å². The largest absolute Gasteiger partial charge is 0.497 e. The summed E-state index contributed by atoms with van der Waals surface area (Å²) in [5.41, 5.74) is 0.807. The fourth-order valence-electron chi connectivity index (χ4n) is 2.96. The number of urea groups is 1. The Bertz CT molecular complexity index is 787. The lowest BCUT2D eigenvalue weighted by atomic mass is 9.86. The van der Waals surface area contributed by atoms with Crippen LogP contribution in [0.4, 0.5) is 9.93 Å². The van der Waals surface area contributed by atoms with Gasteiger partial charge in [0.2, 0.25) is 5.13 Å². The lowest BCUT2D eigenvalue weighted by Gasteiger charge is -2.26. The van der Waals surface area contributed by atoms with Crippen LogP contribution in [0.5, 0.6) is 5.75 Å². The molecule has 0 atom stereocenters. The molecule has 1 aromatic heterocycles. The summed E-state index contributed by atoms with van der Waals surface area (Å²) in [4.78, 5) is 27.4. The molecule has 3 rings (SSSR count). The van der Waals surface area contributed by atoms with Crippen molar-refractivity contribution >= 4 is 28.7 Å². The van der Waals surface area contributed by atoms with Gasteiger partial charge in [-0.2, -0.15) is 9.36 Å². The summed E-state index contributed by atoms with van der Waals surface area (Å²) in [6.45, 7) is 0. The van der Waals surface area contributed by atoms with E-state index in [2.05, 4.69) is 20.0 Å². The predicted molar refractivity (Wildman–Crippen MR) is 97.4 cm³/mol. The maximum absolute atomic E-state index is 12.1. The van der Waals surface area contributed by atoms with Crippen molar-refractivity contribution in [3.63, 3.8) is 0 Å². The average Bonchev–Trinajstić information content (AvgIpc) is 3.10. The molecule has 1 fully saturated rings. The molecule has 1 aromatic carbocycles. The van der Waals surface area contributed by atoms with E-state index >= 15 is 0 Å². The van der Waals surface area contributed by atoms with Crippen molar-refractivity contribution in [1.82, 2.24) is 14.7 Å². The Kier molecular flexibility index (Phi) is 5.67. The zero-order valence-corrected chi connectivity index (χ0v) is 15.1. The van der Waals surface area contributed by atoms with Gasteiger partial charge in [0, 0.05) is 23.1 Å². The van der Waals surface area contributed by atoms with Gasteiger partial charge in [-0.25, -0.2) is 4.79 Å². The van der Waals surface area contributed by atoms with Crippen molar-refractivity contribution in [3.8, 4) is 17.1 Å². The molecular formula is C17H20N4O4S. The molecule has 1 saturated carbocycles. The number of carboxylic acids is 1. The smallest absolute Gasteiger partial charge is 0.321 e. The van der Waals surface area contributed by atoms with E-state index in [1.165, 1.54) is 0 Å². The second-order valence-corrected chi connectivity index (χ2v) is 6.89.